The van der Waals surface area contributed by atoms with Gasteiger partial charge in [0.1, 0.15) is 11.9 Å². The Bertz CT molecular complexity index is 897. The fourth-order valence-corrected chi connectivity index (χ4v) is 3.21. The number of nitrogens with one attached hydrogen (secondary N) is 1. The average Bonchev–Trinajstić information content (AvgIpc) is 3.30. The molecule has 1 aliphatic heterocycles. The van der Waals surface area contributed by atoms with Crippen molar-refractivity contribution in [1.82, 2.24) is 19.6 Å². The van der Waals surface area contributed by atoms with E-state index < -0.39 is 0 Å². The van der Waals surface area contributed by atoms with E-state index in [0.29, 0.717) is 6.54 Å². The van der Waals surface area contributed by atoms with Crippen molar-refractivity contribution < 1.29 is 4.79 Å². The molecular formula is C18H20N6O. The lowest BCUT2D eigenvalue weighted by Gasteiger charge is -2.16. The molecule has 7 heteroatoms. The van der Waals surface area contributed by atoms with Crippen LogP contribution < -0.4 is 10.2 Å². The number of benzene rings is 1. The largest absolute Gasteiger partial charge is 0.371 e. The van der Waals surface area contributed by atoms with Crippen LogP contribution in [0, 0.1) is 6.92 Å². The molecule has 0 saturated carbocycles. The molecule has 4 rings (SSSR count). The molecule has 2 aromatic heterocycles. The summed E-state index contributed by atoms with van der Waals surface area (Å²) in [5.41, 5.74) is 2.73. The highest BCUT2D eigenvalue weighted by Gasteiger charge is 2.34. The van der Waals surface area contributed by atoms with Gasteiger partial charge < -0.3 is 5.32 Å². The number of anilines is 2. The standard InChI is InChI=1S/C18H20N6O/c1-13-10-17(22(2)21-13)23-9-8-16(18(23)25)20-14-11-19-24(12-14)15-6-4-3-5-7-15/h3-7,10-12,16,20H,8-9H2,1-2H3/t16-/m1/s1. The van der Waals surface area contributed by atoms with Crippen molar-refractivity contribution in [3.63, 3.8) is 0 Å². The van der Waals surface area contributed by atoms with E-state index in [0.717, 1.165) is 29.3 Å². The van der Waals surface area contributed by atoms with Gasteiger partial charge in [0.05, 0.1) is 29.5 Å². The Balaban J connectivity index is 1.48. The van der Waals surface area contributed by atoms with Crippen LogP contribution in [0.15, 0.2) is 48.8 Å². The fraction of sp³-hybridized carbons (Fsp3) is 0.278. The molecule has 0 aliphatic carbocycles. The zero-order valence-electron chi connectivity index (χ0n) is 14.3. The molecule has 128 valence electrons. The number of aryl methyl sites for hydroxylation is 2. The van der Waals surface area contributed by atoms with Crippen LogP contribution in [0.3, 0.4) is 0 Å². The number of amides is 1. The maximum absolute atomic E-state index is 12.7. The van der Waals surface area contributed by atoms with Crippen LogP contribution in [0.2, 0.25) is 0 Å². The van der Waals surface area contributed by atoms with E-state index in [1.807, 2.05) is 56.6 Å². The van der Waals surface area contributed by atoms with E-state index in [1.54, 1.807) is 20.5 Å². The van der Waals surface area contributed by atoms with E-state index in [9.17, 15) is 4.79 Å². The first-order valence-corrected chi connectivity index (χ1v) is 8.30. The number of hydrogen-bond acceptors (Lipinski definition) is 4. The molecule has 0 spiro atoms. The number of carbonyl (C=O) groups excluding carboxylic acids is 1. The van der Waals surface area contributed by atoms with Crippen LogP contribution >= 0.6 is 0 Å². The molecule has 1 saturated heterocycles. The highest BCUT2D eigenvalue weighted by atomic mass is 16.2. The Morgan fingerprint density at radius 3 is 2.76 bits per heavy atom. The van der Waals surface area contributed by atoms with Crippen molar-refractivity contribution in [3.8, 4) is 5.69 Å². The number of para-hydroxylation sites is 1. The summed E-state index contributed by atoms with van der Waals surface area (Å²) in [7, 11) is 1.86. The third-order valence-corrected chi connectivity index (χ3v) is 4.40. The summed E-state index contributed by atoms with van der Waals surface area (Å²) in [5, 5.41) is 12.0. The van der Waals surface area contributed by atoms with Crippen molar-refractivity contribution in [2.45, 2.75) is 19.4 Å². The Hall–Kier alpha value is -3.09. The van der Waals surface area contributed by atoms with Gasteiger partial charge in [-0.3, -0.25) is 14.4 Å². The topological polar surface area (TPSA) is 68.0 Å². The molecule has 7 nitrogen and oxygen atoms in total. The number of carbonyl (C=O) groups is 1. The van der Waals surface area contributed by atoms with Gasteiger partial charge in [0.2, 0.25) is 0 Å². The Kier molecular flexibility index (Phi) is 3.76. The lowest BCUT2D eigenvalue weighted by molar-refractivity contribution is -0.117. The number of aromatic nitrogens is 4. The minimum Gasteiger partial charge on any atom is -0.371 e. The predicted molar refractivity (Wildman–Crippen MR) is 95.9 cm³/mol. The Labute approximate surface area is 145 Å². The van der Waals surface area contributed by atoms with Crippen LogP contribution in [0.5, 0.6) is 0 Å². The van der Waals surface area contributed by atoms with Gasteiger partial charge in [-0.2, -0.15) is 10.2 Å². The summed E-state index contributed by atoms with van der Waals surface area (Å²) in [5.74, 6) is 0.905. The van der Waals surface area contributed by atoms with E-state index in [-0.39, 0.29) is 11.9 Å². The molecule has 1 aromatic carbocycles. The highest BCUT2D eigenvalue weighted by molar-refractivity contribution is 6.00. The minimum atomic E-state index is -0.247. The molecule has 0 radical (unpaired) electrons. The summed E-state index contributed by atoms with van der Waals surface area (Å²) in [4.78, 5) is 14.5. The van der Waals surface area contributed by atoms with Crippen LogP contribution in [0.25, 0.3) is 5.69 Å². The lowest BCUT2D eigenvalue weighted by atomic mass is 10.2. The summed E-state index contributed by atoms with van der Waals surface area (Å²) >= 11 is 0. The lowest BCUT2D eigenvalue weighted by Crippen LogP contribution is -2.34. The molecule has 0 unspecified atom stereocenters. The molecule has 3 heterocycles. The van der Waals surface area contributed by atoms with Gasteiger partial charge in [-0.15, -0.1) is 0 Å². The number of rotatable bonds is 4. The first-order chi connectivity index (χ1) is 12.1. The monoisotopic (exact) mass is 336 g/mol. The summed E-state index contributed by atoms with van der Waals surface area (Å²) < 4.78 is 3.55. The zero-order valence-corrected chi connectivity index (χ0v) is 14.3. The van der Waals surface area contributed by atoms with E-state index in [2.05, 4.69) is 15.5 Å². The van der Waals surface area contributed by atoms with Gasteiger partial charge >= 0.3 is 0 Å². The Morgan fingerprint density at radius 2 is 2.04 bits per heavy atom. The SMILES string of the molecule is Cc1cc(N2CC[C@@H](Nc3cnn(-c4ccccc4)c3)C2=O)n(C)n1. The third kappa shape index (κ3) is 2.88. The number of hydrogen-bond donors (Lipinski definition) is 1. The second-order valence-corrected chi connectivity index (χ2v) is 6.25. The van der Waals surface area contributed by atoms with Gasteiger partial charge in [-0.1, -0.05) is 18.2 Å². The van der Waals surface area contributed by atoms with Gasteiger partial charge in [0.15, 0.2) is 0 Å². The van der Waals surface area contributed by atoms with E-state index in [1.165, 1.54) is 0 Å². The van der Waals surface area contributed by atoms with E-state index in [4.69, 9.17) is 0 Å². The molecular weight excluding hydrogens is 316 g/mol. The molecule has 1 aliphatic rings. The van der Waals surface area contributed by atoms with Crippen LogP contribution in [0.1, 0.15) is 12.1 Å². The van der Waals surface area contributed by atoms with E-state index >= 15 is 0 Å². The van der Waals surface area contributed by atoms with Crippen LogP contribution in [0.4, 0.5) is 11.5 Å². The molecule has 1 atom stereocenters. The van der Waals surface area contributed by atoms with Gasteiger partial charge in [-0.25, -0.2) is 4.68 Å². The highest BCUT2D eigenvalue weighted by Crippen LogP contribution is 2.24. The molecule has 3 aromatic rings. The van der Waals surface area contributed by atoms with Gasteiger partial charge in [0.25, 0.3) is 5.91 Å². The summed E-state index contributed by atoms with van der Waals surface area (Å²) in [6, 6.07) is 11.6. The Morgan fingerprint density at radius 1 is 1.24 bits per heavy atom. The fourth-order valence-electron chi connectivity index (χ4n) is 3.21. The molecule has 0 bridgehead atoms. The molecule has 1 amide bonds. The minimum absolute atomic E-state index is 0.0652. The zero-order chi connectivity index (χ0) is 17.4. The smallest absolute Gasteiger partial charge is 0.250 e. The molecule has 1 fully saturated rings. The first-order valence-electron chi connectivity index (χ1n) is 8.30. The van der Waals surface area contributed by atoms with Crippen LogP contribution in [-0.4, -0.2) is 38.1 Å². The van der Waals surface area contributed by atoms with Crippen molar-refractivity contribution in [2.75, 3.05) is 16.8 Å². The van der Waals surface area contributed by atoms with Gasteiger partial charge in [0, 0.05) is 19.7 Å². The quantitative estimate of drug-likeness (QED) is 0.792. The van der Waals surface area contributed by atoms with Gasteiger partial charge in [-0.05, 0) is 25.5 Å². The second-order valence-electron chi connectivity index (χ2n) is 6.25. The molecule has 1 N–H and O–H groups in total. The normalized spacial score (nSPS) is 17.3. The summed E-state index contributed by atoms with van der Waals surface area (Å²) in [6.07, 6.45) is 4.40. The van der Waals surface area contributed by atoms with Crippen molar-refractivity contribution in [3.05, 3.63) is 54.5 Å². The second kappa shape index (κ2) is 6.08. The summed E-state index contributed by atoms with van der Waals surface area (Å²) in [6.45, 7) is 2.61. The maximum atomic E-state index is 12.7. The van der Waals surface area contributed by atoms with Crippen LogP contribution in [-0.2, 0) is 11.8 Å². The first kappa shape index (κ1) is 15.4. The number of nitrogens with zero attached hydrogens (tertiary/aromatic N) is 5. The van der Waals surface area contributed by atoms with Crippen molar-refractivity contribution >= 4 is 17.4 Å². The maximum Gasteiger partial charge on any atom is 0.250 e. The molecule has 25 heavy (non-hydrogen) atoms. The predicted octanol–water partition coefficient (Wildman–Crippen LogP) is 2.13. The third-order valence-electron chi connectivity index (χ3n) is 4.40. The average molecular weight is 336 g/mol. The van der Waals surface area contributed by atoms with Crippen molar-refractivity contribution in [2.24, 2.45) is 7.05 Å². The van der Waals surface area contributed by atoms with Crippen molar-refractivity contribution in [1.29, 1.82) is 0 Å².